The van der Waals surface area contributed by atoms with Crippen molar-refractivity contribution < 1.29 is 42.4 Å². The van der Waals surface area contributed by atoms with Crippen molar-refractivity contribution in [2.45, 2.75) is 64.2 Å². The van der Waals surface area contributed by atoms with Gasteiger partial charge in [0.1, 0.15) is 29.0 Å². The maximum absolute atomic E-state index is 13.3. The summed E-state index contributed by atoms with van der Waals surface area (Å²) in [5.74, 6) is -0.376. The van der Waals surface area contributed by atoms with Crippen molar-refractivity contribution in [1.82, 2.24) is 9.61 Å². The lowest BCUT2D eigenvalue weighted by atomic mass is 9.98. The molecule has 2 aromatic heterocycles. The molecule has 1 fully saturated rings. The number of carbonyl (C=O) groups excluding carboxylic acids is 1. The number of aromatic nitrogens is 2. The lowest BCUT2D eigenvalue weighted by Gasteiger charge is -2.27. The number of aliphatic hydroxyl groups is 2. The molecule has 1 saturated carbocycles. The van der Waals surface area contributed by atoms with Crippen LogP contribution in [0.15, 0.2) is 36.7 Å². The van der Waals surface area contributed by atoms with E-state index in [1.54, 1.807) is 18.2 Å². The molecule has 0 radical (unpaired) electrons. The first-order valence-corrected chi connectivity index (χ1v) is 11.9. The summed E-state index contributed by atoms with van der Waals surface area (Å²) in [5.41, 5.74) is 0.206. The zero-order chi connectivity index (χ0) is 26.9. The number of nitrogens with zero attached hydrogens (tertiary/aromatic N) is 2. The smallest absolute Gasteiger partial charge is 0.387 e. The van der Waals surface area contributed by atoms with E-state index in [9.17, 15) is 28.2 Å². The molecule has 2 atom stereocenters. The first-order valence-electron chi connectivity index (χ1n) is 11.9. The molecule has 1 aliphatic carbocycles. The van der Waals surface area contributed by atoms with Crippen LogP contribution in [-0.2, 0) is 0 Å². The zero-order valence-electron chi connectivity index (χ0n) is 20.7. The molecule has 2 heterocycles. The van der Waals surface area contributed by atoms with Gasteiger partial charge in [0.05, 0.1) is 25.0 Å². The Balaban J connectivity index is 1.66. The largest absolute Gasteiger partial charge is 0.496 e. The third-order valence-corrected chi connectivity index (χ3v) is 6.40. The fraction of sp³-hybridized carbons (Fsp3) is 0.462. The van der Waals surface area contributed by atoms with E-state index in [1.807, 2.05) is 0 Å². The second-order valence-corrected chi connectivity index (χ2v) is 9.59. The summed E-state index contributed by atoms with van der Waals surface area (Å²) < 4.78 is 56.9. The molecule has 2 N–H and O–H groups in total. The van der Waals surface area contributed by atoms with E-state index in [0.717, 1.165) is 0 Å². The Morgan fingerprint density at radius 2 is 1.95 bits per heavy atom. The molecule has 200 valence electrons. The lowest BCUT2D eigenvalue weighted by molar-refractivity contribution is -0.154. The number of alkyl halides is 3. The number of benzene rings is 1. The predicted molar refractivity (Wildman–Crippen MR) is 128 cm³/mol. The van der Waals surface area contributed by atoms with Crippen LogP contribution in [0.4, 0.5) is 13.2 Å². The Morgan fingerprint density at radius 1 is 1.24 bits per heavy atom. The van der Waals surface area contributed by atoms with Crippen molar-refractivity contribution >= 4 is 11.3 Å². The Kier molecular flexibility index (Phi) is 7.65. The molecule has 0 spiro atoms. The van der Waals surface area contributed by atoms with Gasteiger partial charge in [-0.25, -0.2) is 8.91 Å². The second-order valence-electron chi connectivity index (χ2n) is 9.59. The van der Waals surface area contributed by atoms with Crippen molar-refractivity contribution in [1.29, 1.82) is 0 Å². The molecule has 0 bridgehead atoms. The second kappa shape index (κ2) is 10.6. The molecule has 4 rings (SSSR count). The summed E-state index contributed by atoms with van der Waals surface area (Å²) >= 11 is 0. The molecule has 8 nitrogen and oxygen atoms in total. The number of hydrogen-bond donors (Lipinski definition) is 2. The van der Waals surface area contributed by atoms with Gasteiger partial charge in [0, 0.05) is 12.0 Å². The topological polar surface area (TPSA) is 103 Å². The van der Waals surface area contributed by atoms with Crippen molar-refractivity contribution in [3.05, 3.63) is 42.2 Å². The Hall–Kier alpha value is -3.31. The average molecular weight is 523 g/mol. The van der Waals surface area contributed by atoms with Gasteiger partial charge in [-0.2, -0.15) is 13.9 Å². The van der Waals surface area contributed by atoms with Crippen LogP contribution in [0.3, 0.4) is 0 Å². The zero-order valence-corrected chi connectivity index (χ0v) is 20.7. The summed E-state index contributed by atoms with van der Waals surface area (Å²) in [6.07, 6.45) is 2.06. The SMILES string of the molecule is COc1cc(-c2cnn3cc(OC(C)(C)C(O)O)ccc23)cc(OC(F)F)c1C(=O)CCC[C@@H]1C[C@@H]1F. The van der Waals surface area contributed by atoms with Gasteiger partial charge in [0.25, 0.3) is 0 Å². The van der Waals surface area contributed by atoms with E-state index in [2.05, 4.69) is 5.10 Å². The van der Waals surface area contributed by atoms with Gasteiger partial charge >= 0.3 is 6.61 Å². The first-order chi connectivity index (χ1) is 17.5. The number of carbonyl (C=O) groups is 1. The standard InChI is InChI=1S/C26H29F3N2O6/c1-26(2,24(33)34)37-16-7-8-19-17(12-30-31(19)13-16)15-10-21(35-3)23(22(11-15)36-25(28)29)20(32)6-4-5-14-9-18(14)27/h7-8,10-14,18,24-25,33-34H,4-6,9H2,1-3H3/t14-,18+/m1/s1. The molecule has 11 heteroatoms. The monoisotopic (exact) mass is 522 g/mol. The number of ether oxygens (including phenoxy) is 3. The molecule has 1 aliphatic rings. The average Bonchev–Trinajstić information content (AvgIpc) is 3.36. The third kappa shape index (κ3) is 5.99. The van der Waals surface area contributed by atoms with Crippen molar-refractivity contribution in [3.8, 4) is 28.4 Å². The fourth-order valence-electron chi connectivity index (χ4n) is 4.13. The van der Waals surface area contributed by atoms with Crippen LogP contribution in [0.1, 0.15) is 49.9 Å². The number of aliphatic hydroxyl groups excluding tert-OH is 1. The number of fused-ring (bicyclic) bond motifs is 1. The molecule has 37 heavy (non-hydrogen) atoms. The first kappa shape index (κ1) is 26.7. The minimum atomic E-state index is -3.17. The molecule has 1 aromatic carbocycles. The van der Waals surface area contributed by atoms with Gasteiger partial charge in [0.2, 0.25) is 0 Å². The molecule has 3 aromatic rings. The summed E-state index contributed by atoms with van der Waals surface area (Å²) in [5, 5.41) is 23.3. The Bertz CT molecular complexity index is 1280. The number of rotatable bonds is 12. The lowest BCUT2D eigenvalue weighted by Crippen LogP contribution is -2.41. The minimum Gasteiger partial charge on any atom is -0.496 e. The van der Waals surface area contributed by atoms with Crippen LogP contribution < -0.4 is 14.2 Å². The fourth-order valence-corrected chi connectivity index (χ4v) is 4.13. The molecule has 0 saturated heterocycles. The highest BCUT2D eigenvalue weighted by Gasteiger charge is 2.36. The van der Waals surface area contributed by atoms with Crippen LogP contribution >= 0.6 is 0 Å². The summed E-state index contributed by atoms with van der Waals surface area (Å²) in [6, 6.07) is 6.18. The van der Waals surface area contributed by atoms with E-state index in [1.165, 1.54) is 43.9 Å². The number of ketones is 1. The van der Waals surface area contributed by atoms with Crippen LogP contribution in [0.5, 0.6) is 17.2 Å². The maximum Gasteiger partial charge on any atom is 0.387 e. The Morgan fingerprint density at radius 3 is 2.57 bits per heavy atom. The van der Waals surface area contributed by atoms with Gasteiger partial charge in [-0.15, -0.1) is 0 Å². The molecule has 0 aliphatic heterocycles. The molecular formula is C26H29F3N2O6. The van der Waals surface area contributed by atoms with Gasteiger partial charge in [-0.3, -0.25) is 4.79 Å². The highest BCUT2D eigenvalue weighted by atomic mass is 19.3. The Labute approximate surface area is 211 Å². The van der Waals surface area contributed by atoms with Gasteiger partial charge in [-0.1, -0.05) is 0 Å². The number of Topliss-reactive ketones (excluding diaryl/α,β-unsaturated/α-hetero) is 1. The predicted octanol–water partition coefficient (Wildman–Crippen LogP) is 4.79. The normalized spacial score (nSPS) is 17.5. The summed E-state index contributed by atoms with van der Waals surface area (Å²) in [6.45, 7) is -0.140. The highest BCUT2D eigenvalue weighted by molar-refractivity contribution is 6.02. The van der Waals surface area contributed by atoms with Crippen LogP contribution in [0.25, 0.3) is 16.6 Å². The van der Waals surface area contributed by atoms with Crippen LogP contribution in [-0.4, -0.2) is 57.4 Å². The van der Waals surface area contributed by atoms with Crippen molar-refractivity contribution in [2.75, 3.05) is 7.11 Å². The van der Waals surface area contributed by atoms with E-state index in [4.69, 9.17) is 14.2 Å². The minimum absolute atomic E-state index is 0.0322. The van der Waals surface area contributed by atoms with Crippen molar-refractivity contribution in [3.63, 3.8) is 0 Å². The maximum atomic E-state index is 13.3. The summed E-state index contributed by atoms with van der Waals surface area (Å²) in [4.78, 5) is 13.0. The quantitative estimate of drug-likeness (QED) is 0.260. The van der Waals surface area contributed by atoms with E-state index in [-0.39, 0.29) is 29.4 Å². The molecule has 0 unspecified atom stereocenters. The molecule has 0 amide bonds. The van der Waals surface area contributed by atoms with E-state index in [0.29, 0.717) is 41.7 Å². The van der Waals surface area contributed by atoms with Crippen molar-refractivity contribution in [2.24, 2.45) is 5.92 Å². The van der Waals surface area contributed by atoms with Gasteiger partial charge < -0.3 is 24.4 Å². The number of methoxy groups -OCH3 is 1. The number of halogens is 3. The third-order valence-electron chi connectivity index (χ3n) is 6.40. The highest BCUT2D eigenvalue weighted by Crippen LogP contribution is 2.40. The van der Waals surface area contributed by atoms with E-state index < -0.39 is 30.5 Å². The number of pyridine rings is 1. The van der Waals surface area contributed by atoms with Gasteiger partial charge in [-0.05, 0) is 68.9 Å². The number of hydrogen-bond acceptors (Lipinski definition) is 7. The van der Waals surface area contributed by atoms with E-state index >= 15 is 0 Å². The van der Waals surface area contributed by atoms with Crippen LogP contribution in [0, 0.1) is 5.92 Å². The summed E-state index contributed by atoms with van der Waals surface area (Å²) in [7, 11) is 1.33. The van der Waals surface area contributed by atoms with Gasteiger partial charge in [0.15, 0.2) is 17.7 Å². The van der Waals surface area contributed by atoms with Crippen LogP contribution in [0.2, 0.25) is 0 Å². The molecular weight excluding hydrogens is 493 g/mol.